The fraction of sp³-hybridized carbons (Fsp3) is 0.375. The molecule has 3 aromatic rings. The topological polar surface area (TPSA) is 69.0 Å². The summed E-state index contributed by atoms with van der Waals surface area (Å²) in [5.41, 5.74) is 5.47. The Morgan fingerprint density at radius 2 is 1.77 bits per heavy atom. The highest BCUT2D eigenvalue weighted by molar-refractivity contribution is 7.99. The van der Waals surface area contributed by atoms with Crippen molar-refractivity contribution in [2.45, 2.75) is 52.3 Å². The Bertz CT molecular complexity index is 1040. The average molecular weight is 439 g/mol. The van der Waals surface area contributed by atoms with Crippen LogP contribution < -0.4 is 10.1 Å². The Balaban J connectivity index is 1.60. The van der Waals surface area contributed by atoms with Crippen LogP contribution in [0.4, 0.5) is 5.69 Å². The molecule has 164 valence electrons. The lowest BCUT2D eigenvalue weighted by molar-refractivity contribution is -0.113. The summed E-state index contributed by atoms with van der Waals surface area (Å²) in [7, 11) is 1.89. The first-order valence-corrected chi connectivity index (χ1v) is 11.4. The second-order valence-corrected chi connectivity index (χ2v) is 8.71. The molecule has 6 nitrogen and oxygen atoms in total. The Hall–Kier alpha value is -2.80. The van der Waals surface area contributed by atoms with Gasteiger partial charge in [0.05, 0.1) is 5.75 Å². The third kappa shape index (κ3) is 5.67. The number of amides is 1. The molecule has 0 bridgehead atoms. The molecule has 0 spiro atoms. The molecule has 1 amide bonds. The largest absolute Gasteiger partial charge is 0.483 e. The van der Waals surface area contributed by atoms with Gasteiger partial charge in [-0.3, -0.25) is 4.79 Å². The van der Waals surface area contributed by atoms with E-state index in [-0.39, 0.29) is 17.8 Å². The zero-order valence-electron chi connectivity index (χ0n) is 19.0. The monoisotopic (exact) mass is 438 g/mol. The number of benzene rings is 2. The predicted molar refractivity (Wildman–Crippen MR) is 126 cm³/mol. The molecular weight excluding hydrogens is 408 g/mol. The van der Waals surface area contributed by atoms with Crippen LogP contribution in [-0.2, 0) is 18.3 Å². The normalized spacial score (nSPS) is 11.9. The van der Waals surface area contributed by atoms with Crippen LogP contribution in [0, 0.1) is 20.8 Å². The van der Waals surface area contributed by atoms with Crippen LogP contribution in [0.2, 0.25) is 0 Å². The molecule has 0 fully saturated rings. The molecule has 0 radical (unpaired) electrons. The lowest BCUT2D eigenvalue weighted by Crippen LogP contribution is -2.16. The maximum atomic E-state index is 12.5. The highest BCUT2D eigenvalue weighted by Crippen LogP contribution is 2.25. The molecule has 0 saturated heterocycles. The predicted octanol–water partition coefficient (Wildman–Crippen LogP) is 5.17. The van der Waals surface area contributed by atoms with Crippen LogP contribution in [-0.4, -0.2) is 26.4 Å². The van der Waals surface area contributed by atoms with Crippen LogP contribution in [0.5, 0.6) is 5.75 Å². The van der Waals surface area contributed by atoms with E-state index in [0.717, 1.165) is 29.0 Å². The van der Waals surface area contributed by atoms with Gasteiger partial charge in [-0.2, -0.15) is 0 Å². The minimum absolute atomic E-state index is 0.0649. The summed E-state index contributed by atoms with van der Waals surface area (Å²) in [4.78, 5) is 12.5. The van der Waals surface area contributed by atoms with Crippen LogP contribution in [0.15, 0.2) is 41.6 Å². The maximum Gasteiger partial charge on any atom is 0.234 e. The van der Waals surface area contributed by atoms with Crippen LogP contribution in [0.25, 0.3) is 0 Å². The molecule has 1 aromatic heterocycles. The van der Waals surface area contributed by atoms with E-state index < -0.39 is 0 Å². The van der Waals surface area contributed by atoms with Crippen molar-refractivity contribution in [1.82, 2.24) is 14.8 Å². The molecule has 1 atom stereocenters. The molecule has 0 aliphatic heterocycles. The Morgan fingerprint density at radius 3 is 2.39 bits per heavy atom. The molecule has 1 heterocycles. The summed E-state index contributed by atoms with van der Waals surface area (Å²) in [6.07, 6.45) is 0.738. The number of nitrogens with zero attached hydrogens (tertiary/aromatic N) is 3. The quantitative estimate of drug-likeness (QED) is 0.491. The van der Waals surface area contributed by atoms with Gasteiger partial charge in [0.15, 0.2) is 17.1 Å². The molecule has 3 rings (SSSR count). The summed E-state index contributed by atoms with van der Waals surface area (Å²) in [5, 5.41) is 12.2. The van der Waals surface area contributed by atoms with Gasteiger partial charge in [0.1, 0.15) is 5.75 Å². The number of anilines is 1. The van der Waals surface area contributed by atoms with Crippen molar-refractivity contribution in [1.29, 1.82) is 0 Å². The van der Waals surface area contributed by atoms with Gasteiger partial charge in [-0.05, 0) is 62.9 Å². The van der Waals surface area contributed by atoms with Crippen molar-refractivity contribution in [2.24, 2.45) is 7.05 Å². The maximum absolute atomic E-state index is 12.5. The highest BCUT2D eigenvalue weighted by atomic mass is 32.2. The van der Waals surface area contributed by atoms with Gasteiger partial charge in [-0.1, -0.05) is 48.5 Å². The first kappa shape index (κ1) is 22.9. The third-order valence-electron chi connectivity index (χ3n) is 5.15. The number of hydrogen-bond acceptors (Lipinski definition) is 5. The Kier molecular flexibility index (Phi) is 7.38. The fourth-order valence-corrected chi connectivity index (χ4v) is 4.27. The van der Waals surface area contributed by atoms with Crippen molar-refractivity contribution in [2.75, 3.05) is 11.1 Å². The third-order valence-corrected chi connectivity index (χ3v) is 6.17. The van der Waals surface area contributed by atoms with Gasteiger partial charge < -0.3 is 14.6 Å². The molecular formula is C24H30N4O2S. The van der Waals surface area contributed by atoms with Gasteiger partial charge >= 0.3 is 0 Å². The number of aryl methyl sites for hydroxylation is 4. The van der Waals surface area contributed by atoms with E-state index in [4.69, 9.17) is 4.74 Å². The standard InChI is InChI=1S/C24H30N4O2S/c1-7-19-8-10-20(11-9-19)30-18(5)23-26-27-24(28(23)6)31-14-21(29)25-22-16(3)12-15(2)13-17(22)4/h8-13,18H,7,14H2,1-6H3,(H,25,29)/t18-/m1/s1. The minimum Gasteiger partial charge on any atom is -0.483 e. The van der Waals surface area contributed by atoms with E-state index in [1.165, 1.54) is 22.9 Å². The number of thioether (sulfide) groups is 1. The molecule has 0 saturated carbocycles. The van der Waals surface area contributed by atoms with E-state index >= 15 is 0 Å². The smallest absolute Gasteiger partial charge is 0.234 e. The van der Waals surface area contributed by atoms with E-state index in [9.17, 15) is 4.79 Å². The zero-order valence-corrected chi connectivity index (χ0v) is 19.8. The molecule has 2 aromatic carbocycles. The summed E-state index contributed by atoms with van der Waals surface area (Å²) in [5.74, 6) is 1.70. The number of aromatic nitrogens is 3. The number of carbonyl (C=O) groups is 1. The Labute approximate surface area is 188 Å². The highest BCUT2D eigenvalue weighted by Gasteiger charge is 2.18. The second-order valence-electron chi connectivity index (χ2n) is 7.77. The number of hydrogen-bond donors (Lipinski definition) is 1. The van der Waals surface area contributed by atoms with Gasteiger partial charge in [-0.25, -0.2) is 0 Å². The molecule has 7 heteroatoms. The molecule has 0 aliphatic carbocycles. The van der Waals surface area contributed by atoms with Crippen molar-refractivity contribution in [3.63, 3.8) is 0 Å². The minimum atomic E-state index is -0.258. The first-order valence-electron chi connectivity index (χ1n) is 10.4. The first-order chi connectivity index (χ1) is 14.8. The number of ether oxygens (including phenoxy) is 1. The fourth-order valence-electron chi connectivity index (χ4n) is 3.55. The van der Waals surface area contributed by atoms with E-state index in [2.05, 4.69) is 53.6 Å². The van der Waals surface area contributed by atoms with Gasteiger partial charge in [-0.15, -0.1) is 10.2 Å². The van der Waals surface area contributed by atoms with Gasteiger partial charge in [0.25, 0.3) is 0 Å². The van der Waals surface area contributed by atoms with Crippen molar-refractivity contribution < 1.29 is 9.53 Å². The van der Waals surface area contributed by atoms with Crippen molar-refractivity contribution >= 4 is 23.4 Å². The molecule has 31 heavy (non-hydrogen) atoms. The molecule has 0 unspecified atom stereocenters. The average Bonchev–Trinajstić information content (AvgIpc) is 3.10. The van der Waals surface area contributed by atoms with Crippen molar-refractivity contribution in [3.8, 4) is 5.75 Å². The second kappa shape index (κ2) is 10.0. The summed E-state index contributed by atoms with van der Waals surface area (Å²) in [6, 6.07) is 12.2. The molecule has 0 aliphatic rings. The number of nitrogens with one attached hydrogen (secondary N) is 1. The van der Waals surface area contributed by atoms with Crippen molar-refractivity contribution in [3.05, 3.63) is 64.5 Å². The lowest BCUT2D eigenvalue weighted by Gasteiger charge is -2.15. The zero-order chi connectivity index (χ0) is 22.5. The Morgan fingerprint density at radius 1 is 1.13 bits per heavy atom. The number of carbonyl (C=O) groups excluding carboxylic acids is 1. The summed E-state index contributed by atoms with van der Waals surface area (Å²) >= 11 is 1.36. The van der Waals surface area contributed by atoms with Crippen LogP contribution in [0.3, 0.4) is 0 Å². The van der Waals surface area contributed by atoms with E-state index in [1.54, 1.807) is 0 Å². The molecule has 1 N–H and O–H groups in total. The van der Waals surface area contributed by atoms with Crippen LogP contribution >= 0.6 is 11.8 Å². The summed E-state index contributed by atoms with van der Waals surface area (Å²) < 4.78 is 7.90. The number of rotatable bonds is 8. The summed E-state index contributed by atoms with van der Waals surface area (Å²) in [6.45, 7) is 10.1. The lowest BCUT2D eigenvalue weighted by atomic mass is 10.1. The van der Waals surface area contributed by atoms with Crippen LogP contribution in [0.1, 0.15) is 48.0 Å². The van der Waals surface area contributed by atoms with Gasteiger partial charge in [0, 0.05) is 12.7 Å². The van der Waals surface area contributed by atoms with E-state index in [1.807, 2.05) is 44.5 Å². The SMILES string of the molecule is CCc1ccc(O[C@H](C)c2nnc(SCC(=O)Nc3c(C)cc(C)cc3C)n2C)cc1. The van der Waals surface area contributed by atoms with Gasteiger partial charge in [0.2, 0.25) is 5.91 Å². The van der Waals surface area contributed by atoms with E-state index in [0.29, 0.717) is 11.0 Å².